The number of hydrogen-bond donors (Lipinski definition) is 1. The van der Waals surface area contributed by atoms with E-state index in [0.717, 1.165) is 0 Å². The first-order valence-corrected chi connectivity index (χ1v) is 4.55. The number of hydrogen-bond acceptors (Lipinski definition) is 3. The lowest BCUT2D eigenvalue weighted by Gasteiger charge is -2.08. The van der Waals surface area contributed by atoms with Gasteiger partial charge in [0.25, 0.3) is 0 Å². The van der Waals surface area contributed by atoms with E-state index in [0.29, 0.717) is 11.1 Å². The molecule has 4 heteroatoms. The zero-order valence-corrected chi connectivity index (χ0v) is 8.66. The van der Waals surface area contributed by atoms with Crippen LogP contribution in [-0.4, -0.2) is 24.3 Å². The van der Waals surface area contributed by atoms with Gasteiger partial charge in [-0.1, -0.05) is 12.1 Å². The summed E-state index contributed by atoms with van der Waals surface area (Å²) in [7, 11) is 1.21. The Morgan fingerprint density at radius 2 is 2.27 bits per heavy atom. The highest BCUT2D eigenvalue weighted by Crippen LogP contribution is 2.11. The predicted molar refractivity (Wildman–Crippen MR) is 52.9 cm³/mol. The number of rotatable bonds is 3. The summed E-state index contributed by atoms with van der Waals surface area (Å²) in [4.78, 5) is 10.9. The molecule has 0 amide bonds. The monoisotopic (exact) mass is 212 g/mol. The molecule has 82 valence electrons. The quantitative estimate of drug-likeness (QED) is 0.766. The van der Waals surface area contributed by atoms with Gasteiger partial charge in [0.15, 0.2) is 6.10 Å². The summed E-state index contributed by atoms with van der Waals surface area (Å²) in [5, 5.41) is 9.36. The molecule has 0 aromatic heterocycles. The Bertz CT molecular complexity index is 363. The summed E-state index contributed by atoms with van der Waals surface area (Å²) in [6, 6.07) is 4.45. The van der Waals surface area contributed by atoms with Gasteiger partial charge in [0.1, 0.15) is 5.82 Å². The Kier molecular flexibility index (Phi) is 3.80. The van der Waals surface area contributed by atoms with E-state index in [1.165, 1.54) is 19.2 Å². The van der Waals surface area contributed by atoms with E-state index >= 15 is 0 Å². The number of aryl methyl sites for hydroxylation is 1. The second-order valence-corrected chi connectivity index (χ2v) is 3.33. The Hall–Kier alpha value is -1.42. The Morgan fingerprint density at radius 1 is 1.60 bits per heavy atom. The maximum Gasteiger partial charge on any atom is 0.335 e. The zero-order chi connectivity index (χ0) is 11.4. The topological polar surface area (TPSA) is 46.5 Å². The molecule has 1 aromatic carbocycles. The van der Waals surface area contributed by atoms with Gasteiger partial charge >= 0.3 is 5.97 Å². The van der Waals surface area contributed by atoms with Gasteiger partial charge in [0, 0.05) is 6.42 Å². The van der Waals surface area contributed by atoms with Crippen molar-refractivity contribution in [2.75, 3.05) is 7.11 Å². The molecule has 1 rings (SSSR count). The van der Waals surface area contributed by atoms with Crippen molar-refractivity contribution in [3.05, 3.63) is 35.1 Å². The van der Waals surface area contributed by atoms with Crippen LogP contribution in [0.5, 0.6) is 0 Å². The fraction of sp³-hybridized carbons (Fsp3) is 0.364. The van der Waals surface area contributed by atoms with Crippen molar-refractivity contribution >= 4 is 5.97 Å². The van der Waals surface area contributed by atoms with Crippen LogP contribution in [0.15, 0.2) is 18.2 Å². The van der Waals surface area contributed by atoms with Crippen LogP contribution < -0.4 is 0 Å². The third-order valence-corrected chi connectivity index (χ3v) is 2.12. The molecular weight excluding hydrogens is 199 g/mol. The van der Waals surface area contributed by atoms with Gasteiger partial charge in [-0.2, -0.15) is 0 Å². The number of carbonyl (C=O) groups is 1. The van der Waals surface area contributed by atoms with E-state index in [1.807, 2.05) is 0 Å². The van der Waals surface area contributed by atoms with Crippen LogP contribution in [0.3, 0.4) is 0 Å². The van der Waals surface area contributed by atoms with Crippen LogP contribution in [0, 0.1) is 12.7 Å². The highest BCUT2D eigenvalue weighted by molar-refractivity contribution is 5.74. The van der Waals surface area contributed by atoms with E-state index in [4.69, 9.17) is 0 Å². The highest BCUT2D eigenvalue weighted by Gasteiger charge is 2.15. The first-order chi connectivity index (χ1) is 7.04. The lowest BCUT2D eigenvalue weighted by molar-refractivity contribution is -0.150. The molecule has 15 heavy (non-hydrogen) atoms. The average Bonchev–Trinajstić information content (AvgIpc) is 2.22. The standard InChI is InChI=1S/C11H13FO3/c1-7-5-8(3-4-9(7)12)6-10(13)11(14)15-2/h3-5,10,13H,6H2,1-2H3. The fourth-order valence-corrected chi connectivity index (χ4v) is 1.28. The number of aliphatic hydroxyl groups excluding tert-OH is 1. The molecule has 0 bridgehead atoms. The molecule has 0 radical (unpaired) electrons. The third-order valence-electron chi connectivity index (χ3n) is 2.12. The number of benzene rings is 1. The van der Waals surface area contributed by atoms with Crippen molar-refractivity contribution in [2.45, 2.75) is 19.4 Å². The smallest absolute Gasteiger partial charge is 0.335 e. The molecule has 0 aliphatic rings. The SMILES string of the molecule is COC(=O)C(O)Cc1ccc(F)c(C)c1. The van der Waals surface area contributed by atoms with Gasteiger partial charge < -0.3 is 9.84 Å². The van der Waals surface area contributed by atoms with Crippen molar-refractivity contribution in [1.29, 1.82) is 0 Å². The van der Waals surface area contributed by atoms with Crippen molar-refractivity contribution in [3.63, 3.8) is 0 Å². The van der Waals surface area contributed by atoms with Crippen LogP contribution in [0.25, 0.3) is 0 Å². The fourth-order valence-electron chi connectivity index (χ4n) is 1.28. The molecule has 0 aliphatic heterocycles. The van der Waals surface area contributed by atoms with Crippen LogP contribution in [-0.2, 0) is 16.0 Å². The number of carbonyl (C=O) groups excluding carboxylic acids is 1. The van der Waals surface area contributed by atoms with E-state index in [2.05, 4.69) is 4.74 Å². The molecular formula is C11H13FO3. The molecule has 1 atom stereocenters. The maximum absolute atomic E-state index is 12.9. The van der Waals surface area contributed by atoms with Gasteiger partial charge in [-0.3, -0.25) is 0 Å². The number of ether oxygens (including phenoxy) is 1. The molecule has 1 N–H and O–H groups in total. The minimum atomic E-state index is -1.19. The van der Waals surface area contributed by atoms with Crippen LogP contribution >= 0.6 is 0 Å². The largest absolute Gasteiger partial charge is 0.467 e. The summed E-state index contributed by atoms with van der Waals surface area (Å²) >= 11 is 0. The number of methoxy groups -OCH3 is 1. The molecule has 3 nitrogen and oxygen atoms in total. The molecule has 0 saturated heterocycles. The van der Waals surface area contributed by atoms with Crippen molar-refractivity contribution in [2.24, 2.45) is 0 Å². The number of aliphatic hydroxyl groups is 1. The Labute approximate surface area is 87.5 Å². The second kappa shape index (κ2) is 4.89. The van der Waals surface area contributed by atoms with Crippen molar-refractivity contribution in [1.82, 2.24) is 0 Å². The molecule has 0 heterocycles. The number of esters is 1. The lowest BCUT2D eigenvalue weighted by Crippen LogP contribution is -2.24. The third kappa shape index (κ3) is 3.02. The first-order valence-electron chi connectivity index (χ1n) is 4.55. The Morgan fingerprint density at radius 3 is 2.80 bits per heavy atom. The van der Waals surface area contributed by atoms with E-state index in [-0.39, 0.29) is 12.2 Å². The Balaban J connectivity index is 2.73. The summed E-state index contributed by atoms with van der Waals surface area (Å²) in [6.45, 7) is 1.63. The van der Waals surface area contributed by atoms with Gasteiger partial charge in [-0.25, -0.2) is 9.18 Å². The first kappa shape index (κ1) is 11.7. The van der Waals surface area contributed by atoms with Crippen molar-refractivity contribution < 1.29 is 19.0 Å². The summed E-state index contributed by atoms with van der Waals surface area (Å²) < 4.78 is 17.3. The molecule has 0 fully saturated rings. The molecule has 0 saturated carbocycles. The summed E-state index contributed by atoms with van der Waals surface area (Å²) in [6.07, 6.45) is -1.06. The molecule has 1 unspecified atom stereocenters. The molecule has 1 aromatic rings. The van der Waals surface area contributed by atoms with E-state index in [1.54, 1.807) is 13.0 Å². The average molecular weight is 212 g/mol. The van der Waals surface area contributed by atoms with Gasteiger partial charge in [-0.05, 0) is 24.1 Å². The number of halogens is 1. The summed E-state index contributed by atoms with van der Waals surface area (Å²) in [5.41, 5.74) is 1.19. The van der Waals surface area contributed by atoms with Crippen LogP contribution in [0.2, 0.25) is 0 Å². The predicted octanol–water partition coefficient (Wildman–Crippen LogP) is 1.21. The van der Waals surface area contributed by atoms with Crippen LogP contribution in [0.1, 0.15) is 11.1 Å². The minimum Gasteiger partial charge on any atom is -0.467 e. The molecule has 0 aliphatic carbocycles. The maximum atomic E-state index is 12.9. The van der Waals surface area contributed by atoms with Crippen LogP contribution in [0.4, 0.5) is 4.39 Å². The van der Waals surface area contributed by atoms with Crippen molar-refractivity contribution in [3.8, 4) is 0 Å². The van der Waals surface area contributed by atoms with E-state index in [9.17, 15) is 14.3 Å². The second-order valence-electron chi connectivity index (χ2n) is 3.33. The van der Waals surface area contributed by atoms with Gasteiger partial charge in [0.05, 0.1) is 7.11 Å². The van der Waals surface area contributed by atoms with Gasteiger partial charge in [-0.15, -0.1) is 0 Å². The summed E-state index contributed by atoms with van der Waals surface area (Å²) in [5.74, 6) is -0.983. The minimum absolute atomic E-state index is 0.133. The molecule has 0 spiro atoms. The lowest BCUT2D eigenvalue weighted by atomic mass is 10.1. The highest BCUT2D eigenvalue weighted by atomic mass is 19.1. The van der Waals surface area contributed by atoms with Gasteiger partial charge in [0.2, 0.25) is 0 Å². The normalized spacial score (nSPS) is 12.3. The zero-order valence-electron chi connectivity index (χ0n) is 8.66. The van der Waals surface area contributed by atoms with E-state index < -0.39 is 12.1 Å².